The van der Waals surface area contributed by atoms with E-state index in [-0.39, 0.29) is 0 Å². The van der Waals surface area contributed by atoms with Crippen LogP contribution in [0.4, 0.5) is 0 Å². The fraction of sp³-hybridized carbons (Fsp3) is 0.667. The molecule has 1 atom stereocenters. The molecule has 0 aliphatic carbocycles. The van der Waals surface area contributed by atoms with Gasteiger partial charge in [0, 0.05) is 18.4 Å². The molecule has 2 nitrogen and oxygen atoms in total. The van der Waals surface area contributed by atoms with Crippen LogP contribution in [0.3, 0.4) is 0 Å². The van der Waals surface area contributed by atoms with Crippen molar-refractivity contribution in [1.29, 1.82) is 0 Å². The molecule has 1 N–H and O–H groups in total. The van der Waals surface area contributed by atoms with E-state index in [1.807, 2.05) is 18.5 Å². The minimum atomic E-state index is 0.648. The topological polar surface area (TPSA) is 24.9 Å². The molecule has 0 aliphatic rings. The first kappa shape index (κ1) is 14.2. The minimum absolute atomic E-state index is 0.648. The fourth-order valence-corrected chi connectivity index (χ4v) is 2.49. The van der Waals surface area contributed by atoms with Crippen molar-refractivity contribution in [2.24, 2.45) is 5.92 Å². The maximum atomic E-state index is 4.17. The Kier molecular flexibility index (Phi) is 6.87. The van der Waals surface area contributed by atoms with Crippen LogP contribution in [0.15, 0.2) is 24.5 Å². The molecule has 2 heteroatoms. The van der Waals surface area contributed by atoms with Gasteiger partial charge in [-0.1, -0.05) is 39.7 Å². The van der Waals surface area contributed by atoms with Crippen LogP contribution in [0.5, 0.6) is 0 Å². The molecule has 1 unspecified atom stereocenters. The summed E-state index contributed by atoms with van der Waals surface area (Å²) in [6.07, 6.45) is 8.69. The van der Waals surface area contributed by atoms with Gasteiger partial charge >= 0.3 is 0 Å². The van der Waals surface area contributed by atoms with Crippen LogP contribution in [0, 0.1) is 5.92 Å². The van der Waals surface area contributed by atoms with Gasteiger partial charge in [-0.3, -0.25) is 4.98 Å². The second-order valence-corrected chi connectivity index (χ2v) is 4.64. The number of pyridine rings is 1. The zero-order valence-corrected chi connectivity index (χ0v) is 11.4. The van der Waals surface area contributed by atoms with Crippen LogP contribution in [0.2, 0.25) is 0 Å². The Hall–Kier alpha value is -0.890. The molecule has 0 radical (unpaired) electrons. The van der Waals surface area contributed by atoms with Crippen LogP contribution in [-0.2, 0) is 6.42 Å². The molecule has 0 aromatic carbocycles. The highest BCUT2D eigenvalue weighted by Gasteiger charge is 2.16. The van der Waals surface area contributed by atoms with E-state index in [2.05, 4.69) is 37.1 Å². The summed E-state index contributed by atoms with van der Waals surface area (Å²) >= 11 is 0. The van der Waals surface area contributed by atoms with Crippen LogP contribution in [0.25, 0.3) is 0 Å². The van der Waals surface area contributed by atoms with Crippen LogP contribution in [0.1, 0.15) is 45.6 Å². The first-order valence-corrected chi connectivity index (χ1v) is 6.94. The van der Waals surface area contributed by atoms with Gasteiger partial charge in [0.25, 0.3) is 0 Å². The van der Waals surface area contributed by atoms with Crippen molar-refractivity contribution >= 4 is 0 Å². The number of hydrogen-bond donors (Lipinski definition) is 1. The predicted molar refractivity (Wildman–Crippen MR) is 74.1 cm³/mol. The largest absolute Gasteiger partial charge is 0.314 e. The van der Waals surface area contributed by atoms with E-state index in [4.69, 9.17) is 0 Å². The molecule has 0 bridgehead atoms. The summed E-state index contributed by atoms with van der Waals surface area (Å²) < 4.78 is 0. The van der Waals surface area contributed by atoms with Crippen LogP contribution in [-0.4, -0.2) is 17.6 Å². The summed E-state index contributed by atoms with van der Waals surface area (Å²) in [5, 5.41) is 3.63. The van der Waals surface area contributed by atoms with Crippen molar-refractivity contribution in [3.63, 3.8) is 0 Å². The van der Waals surface area contributed by atoms with Gasteiger partial charge in [0.1, 0.15) is 0 Å². The zero-order chi connectivity index (χ0) is 12.5. The van der Waals surface area contributed by atoms with Crippen molar-refractivity contribution in [2.75, 3.05) is 6.54 Å². The molecule has 0 spiro atoms. The third-order valence-corrected chi connectivity index (χ3v) is 3.55. The summed E-state index contributed by atoms with van der Waals surface area (Å²) in [6.45, 7) is 7.85. The first-order valence-electron chi connectivity index (χ1n) is 6.94. The molecule has 0 fully saturated rings. The van der Waals surface area contributed by atoms with Gasteiger partial charge in [-0.15, -0.1) is 0 Å². The van der Waals surface area contributed by atoms with Gasteiger partial charge in [-0.2, -0.15) is 0 Å². The van der Waals surface area contributed by atoms with Crippen molar-refractivity contribution in [1.82, 2.24) is 10.3 Å². The zero-order valence-electron chi connectivity index (χ0n) is 11.4. The lowest BCUT2D eigenvalue weighted by atomic mass is 9.90. The van der Waals surface area contributed by atoms with Gasteiger partial charge in [0.05, 0.1) is 0 Å². The molecule has 0 amide bonds. The van der Waals surface area contributed by atoms with E-state index in [9.17, 15) is 0 Å². The van der Waals surface area contributed by atoms with Gasteiger partial charge in [-0.25, -0.2) is 0 Å². The van der Waals surface area contributed by atoms with Crippen molar-refractivity contribution in [3.8, 4) is 0 Å². The molecular weight excluding hydrogens is 208 g/mol. The monoisotopic (exact) mass is 234 g/mol. The van der Waals surface area contributed by atoms with Crippen molar-refractivity contribution < 1.29 is 0 Å². The molecule has 1 rings (SSSR count). The summed E-state index contributed by atoms with van der Waals surface area (Å²) in [5.74, 6) is 0.798. The molecule has 1 aromatic rings. The lowest BCUT2D eigenvalue weighted by Crippen LogP contribution is -2.36. The summed E-state index contributed by atoms with van der Waals surface area (Å²) in [7, 11) is 0. The normalized spacial score (nSPS) is 12.9. The predicted octanol–water partition coefficient (Wildman–Crippen LogP) is 3.43. The van der Waals surface area contributed by atoms with Crippen LogP contribution >= 0.6 is 0 Å². The number of aromatic nitrogens is 1. The van der Waals surface area contributed by atoms with E-state index in [0.29, 0.717) is 6.04 Å². The van der Waals surface area contributed by atoms with Crippen LogP contribution < -0.4 is 5.32 Å². The molecule has 17 heavy (non-hydrogen) atoms. The highest BCUT2D eigenvalue weighted by molar-refractivity contribution is 5.08. The maximum Gasteiger partial charge on any atom is 0.0299 e. The Labute approximate surface area is 106 Å². The third-order valence-electron chi connectivity index (χ3n) is 3.55. The Balaban J connectivity index is 2.49. The second kappa shape index (κ2) is 8.24. The molecule has 0 saturated heterocycles. The number of hydrogen-bond acceptors (Lipinski definition) is 2. The third kappa shape index (κ3) is 4.86. The maximum absolute atomic E-state index is 4.17. The standard InChI is InChI=1S/C15H26N2/c1-4-14(5-2)15(17-6-3)10-9-13-8-7-11-16-12-13/h7-8,11-12,14-15,17H,4-6,9-10H2,1-3H3. The summed E-state index contributed by atoms with van der Waals surface area (Å²) in [6, 6.07) is 4.84. The molecule has 1 aromatic heterocycles. The Morgan fingerprint density at radius 3 is 2.53 bits per heavy atom. The van der Waals surface area contributed by atoms with E-state index in [0.717, 1.165) is 18.9 Å². The highest BCUT2D eigenvalue weighted by atomic mass is 14.9. The Morgan fingerprint density at radius 1 is 1.24 bits per heavy atom. The fourth-order valence-electron chi connectivity index (χ4n) is 2.49. The summed E-state index contributed by atoms with van der Waals surface area (Å²) in [4.78, 5) is 4.17. The van der Waals surface area contributed by atoms with E-state index >= 15 is 0 Å². The number of aryl methyl sites for hydroxylation is 1. The van der Waals surface area contributed by atoms with Gasteiger partial charge < -0.3 is 5.32 Å². The average Bonchev–Trinajstić information content (AvgIpc) is 2.38. The van der Waals surface area contributed by atoms with Gasteiger partial charge in [-0.05, 0) is 36.9 Å². The van der Waals surface area contributed by atoms with E-state index in [1.54, 1.807) is 0 Å². The minimum Gasteiger partial charge on any atom is -0.314 e. The molecule has 96 valence electrons. The molecule has 0 aliphatic heterocycles. The molecule has 0 saturated carbocycles. The Bertz CT molecular complexity index is 280. The van der Waals surface area contributed by atoms with Crippen molar-refractivity contribution in [2.45, 2.75) is 52.5 Å². The number of nitrogens with zero attached hydrogens (tertiary/aromatic N) is 1. The van der Waals surface area contributed by atoms with Gasteiger partial charge in [0.15, 0.2) is 0 Å². The van der Waals surface area contributed by atoms with E-state index < -0.39 is 0 Å². The van der Waals surface area contributed by atoms with E-state index in [1.165, 1.54) is 24.8 Å². The number of nitrogens with one attached hydrogen (secondary N) is 1. The number of rotatable bonds is 8. The summed E-state index contributed by atoms with van der Waals surface area (Å²) in [5.41, 5.74) is 1.35. The lowest BCUT2D eigenvalue weighted by Gasteiger charge is -2.26. The second-order valence-electron chi connectivity index (χ2n) is 4.64. The first-order chi connectivity index (χ1) is 8.31. The lowest BCUT2D eigenvalue weighted by molar-refractivity contribution is 0.322. The SMILES string of the molecule is CCNC(CCc1cccnc1)C(CC)CC. The van der Waals surface area contributed by atoms with Gasteiger partial charge in [0.2, 0.25) is 0 Å². The Morgan fingerprint density at radius 2 is 2.00 bits per heavy atom. The highest BCUT2D eigenvalue weighted by Crippen LogP contribution is 2.17. The van der Waals surface area contributed by atoms with Crippen molar-refractivity contribution in [3.05, 3.63) is 30.1 Å². The smallest absolute Gasteiger partial charge is 0.0299 e. The molecular formula is C15H26N2. The quantitative estimate of drug-likeness (QED) is 0.745. The average molecular weight is 234 g/mol. The molecule has 1 heterocycles.